The van der Waals surface area contributed by atoms with Gasteiger partial charge in [-0.1, -0.05) is 22.0 Å². The smallest absolute Gasteiger partial charge is 0.292 e. The molecule has 1 aromatic carbocycles. The Morgan fingerprint density at radius 3 is 2.68 bits per heavy atom. The maximum Gasteiger partial charge on any atom is 0.292 e. The number of benzene rings is 1. The lowest BCUT2D eigenvalue weighted by molar-refractivity contribution is -0.181. The summed E-state index contributed by atoms with van der Waals surface area (Å²) < 4.78 is 13.4. The fourth-order valence-electron chi connectivity index (χ4n) is 2.90. The third-order valence-electron chi connectivity index (χ3n) is 3.85. The molecular weight excluding hydrogens is 434 g/mol. The van der Waals surface area contributed by atoms with Crippen LogP contribution >= 0.6 is 43.2 Å². The van der Waals surface area contributed by atoms with Gasteiger partial charge in [0.25, 0.3) is 11.7 Å². The second-order valence-corrected chi connectivity index (χ2v) is 8.15. The van der Waals surface area contributed by atoms with E-state index in [4.69, 9.17) is 9.47 Å². The first-order chi connectivity index (χ1) is 10.6. The van der Waals surface area contributed by atoms with Crippen molar-refractivity contribution in [2.75, 3.05) is 18.1 Å². The van der Waals surface area contributed by atoms with Crippen LogP contribution in [0.25, 0.3) is 0 Å². The molecule has 1 saturated heterocycles. The van der Waals surface area contributed by atoms with E-state index in [-0.39, 0.29) is 5.91 Å². The minimum Gasteiger partial charge on any atom is -0.336 e. The minimum atomic E-state index is -1.29. The predicted molar refractivity (Wildman–Crippen MR) is 90.9 cm³/mol. The Morgan fingerprint density at radius 2 is 2.00 bits per heavy atom. The Morgan fingerprint density at radius 1 is 1.23 bits per heavy atom. The van der Waals surface area contributed by atoms with E-state index in [9.17, 15) is 4.79 Å². The van der Waals surface area contributed by atoms with E-state index in [1.54, 1.807) is 16.2 Å². The molecule has 0 atom stereocenters. The second kappa shape index (κ2) is 5.42. The maximum atomic E-state index is 13.0. The van der Waals surface area contributed by atoms with Gasteiger partial charge >= 0.3 is 0 Å². The summed E-state index contributed by atoms with van der Waals surface area (Å²) in [7, 11) is 0. The first-order valence-electron chi connectivity index (χ1n) is 6.74. The highest BCUT2D eigenvalue weighted by Crippen LogP contribution is 2.49. The Bertz CT molecular complexity index is 755. The van der Waals surface area contributed by atoms with Crippen molar-refractivity contribution in [1.82, 2.24) is 0 Å². The van der Waals surface area contributed by atoms with Gasteiger partial charge < -0.3 is 14.4 Å². The van der Waals surface area contributed by atoms with Gasteiger partial charge in [-0.05, 0) is 45.1 Å². The molecule has 2 aliphatic heterocycles. The van der Waals surface area contributed by atoms with Gasteiger partial charge in [0.05, 0.1) is 34.8 Å². The summed E-state index contributed by atoms with van der Waals surface area (Å²) >= 11 is 8.67. The molecule has 0 saturated carbocycles. The largest absolute Gasteiger partial charge is 0.336 e. The number of carbonyl (C=O) groups excluding carboxylic acids is 1. The van der Waals surface area contributed by atoms with E-state index in [0.717, 1.165) is 25.1 Å². The molecule has 1 aromatic heterocycles. The third-order valence-corrected chi connectivity index (χ3v) is 6.33. The number of fused-ring (bicyclic) bond motifs is 2. The molecule has 3 heterocycles. The van der Waals surface area contributed by atoms with E-state index in [1.807, 2.05) is 29.6 Å². The standard InChI is InChI=1S/C15H11Br2NO3S/c16-10-2-1-3-11-12(10)15(20-5-6-21-15)14(19)18(11)8-9-4-7-22-13(9)17/h1-4,7H,5-6,8H2. The molecule has 22 heavy (non-hydrogen) atoms. The van der Waals surface area contributed by atoms with Crippen LogP contribution < -0.4 is 4.90 Å². The van der Waals surface area contributed by atoms with Crippen LogP contribution in [0.15, 0.2) is 37.9 Å². The summed E-state index contributed by atoms with van der Waals surface area (Å²) in [5.74, 6) is -1.46. The molecule has 0 N–H and O–H groups in total. The van der Waals surface area contributed by atoms with Crippen molar-refractivity contribution >= 4 is 54.8 Å². The van der Waals surface area contributed by atoms with Crippen LogP contribution in [-0.4, -0.2) is 19.1 Å². The molecule has 7 heteroatoms. The Hall–Kier alpha value is -0.730. The molecule has 0 unspecified atom stereocenters. The number of halogens is 2. The summed E-state index contributed by atoms with van der Waals surface area (Å²) in [6.45, 7) is 1.33. The Kier molecular flexibility index (Phi) is 3.65. The van der Waals surface area contributed by atoms with Crippen LogP contribution in [0, 0.1) is 0 Å². The number of carbonyl (C=O) groups is 1. The summed E-state index contributed by atoms with van der Waals surface area (Å²) in [6.07, 6.45) is 0. The zero-order chi connectivity index (χ0) is 15.3. The van der Waals surface area contributed by atoms with Crippen molar-refractivity contribution in [3.05, 3.63) is 49.0 Å². The molecule has 2 aromatic rings. The highest BCUT2D eigenvalue weighted by molar-refractivity contribution is 9.11. The maximum absolute atomic E-state index is 13.0. The molecule has 0 radical (unpaired) electrons. The van der Waals surface area contributed by atoms with Crippen LogP contribution in [-0.2, 0) is 26.6 Å². The van der Waals surface area contributed by atoms with Gasteiger partial charge in [0.1, 0.15) is 0 Å². The van der Waals surface area contributed by atoms with Gasteiger partial charge in [-0.3, -0.25) is 4.79 Å². The highest BCUT2D eigenvalue weighted by atomic mass is 79.9. The normalized spacial score (nSPS) is 19.2. The van der Waals surface area contributed by atoms with Crippen LogP contribution in [0.4, 0.5) is 5.69 Å². The predicted octanol–water partition coefficient (Wildman–Crippen LogP) is 4.02. The van der Waals surface area contributed by atoms with Crippen molar-refractivity contribution in [3.8, 4) is 0 Å². The van der Waals surface area contributed by atoms with Crippen LogP contribution in [0.3, 0.4) is 0 Å². The molecule has 114 valence electrons. The van der Waals surface area contributed by atoms with E-state index < -0.39 is 5.79 Å². The van der Waals surface area contributed by atoms with Crippen molar-refractivity contribution in [2.45, 2.75) is 12.3 Å². The van der Waals surface area contributed by atoms with Gasteiger partial charge in [0, 0.05) is 4.47 Å². The van der Waals surface area contributed by atoms with Gasteiger partial charge in [-0.25, -0.2) is 0 Å². The number of hydrogen-bond donors (Lipinski definition) is 0. The summed E-state index contributed by atoms with van der Waals surface area (Å²) in [5.41, 5.74) is 2.67. The number of hydrogen-bond acceptors (Lipinski definition) is 4. The molecular formula is C15H11Br2NO3S. The van der Waals surface area contributed by atoms with E-state index in [2.05, 4.69) is 31.9 Å². The lowest BCUT2D eigenvalue weighted by Crippen LogP contribution is -2.41. The van der Waals surface area contributed by atoms with Gasteiger partial charge in [-0.2, -0.15) is 0 Å². The van der Waals surface area contributed by atoms with Crippen molar-refractivity contribution in [3.63, 3.8) is 0 Å². The lowest BCUT2D eigenvalue weighted by atomic mass is 10.1. The topological polar surface area (TPSA) is 38.8 Å². The van der Waals surface area contributed by atoms with Gasteiger partial charge in [0.15, 0.2) is 0 Å². The highest BCUT2D eigenvalue weighted by Gasteiger charge is 2.57. The SMILES string of the molecule is O=C1N(Cc2ccsc2Br)c2cccc(Br)c2C12OCCO2. The number of anilines is 1. The van der Waals surface area contributed by atoms with Crippen LogP contribution in [0.1, 0.15) is 11.1 Å². The van der Waals surface area contributed by atoms with Crippen LogP contribution in [0.5, 0.6) is 0 Å². The molecule has 2 aliphatic rings. The molecule has 1 spiro atoms. The third kappa shape index (κ3) is 2.03. The molecule has 1 fully saturated rings. The number of rotatable bonds is 2. The van der Waals surface area contributed by atoms with Crippen LogP contribution in [0.2, 0.25) is 0 Å². The monoisotopic (exact) mass is 443 g/mol. The fraction of sp³-hybridized carbons (Fsp3) is 0.267. The fourth-order valence-corrected chi connectivity index (χ4v) is 4.73. The number of amides is 1. The van der Waals surface area contributed by atoms with E-state index in [1.165, 1.54) is 0 Å². The molecule has 4 rings (SSSR count). The van der Waals surface area contributed by atoms with Gasteiger partial charge in [-0.15, -0.1) is 11.3 Å². The van der Waals surface area contributed by atoms with Gasteiger partial charge in [0.2, 0.25) is 0 Å². The first kappa shape index (κ1) is 14.8. The average Bonchev–Trinajstić information content (AvgIpc) is 3.18. The zero-order valence-electron chi connectivity index (χ0n) is 11.3. The Balaban J connectivity index is 1.83. The van der Waals surface area contributed by atoms with Crippen molar-refractivity contribution in [2.24, 2.45) is 0 Å². The summed E-state index contributed by atoms with van der Waals surface area (Å²) in [6, 6.07) is 7.77. The number of ether oxygens (including phenoxy) is 2. The number of nitrogens with zero attached hydrogens (tertiary/aromatic N) is 1. The first-order valence-corrected chi connectivity index (χ1v) is 9.21. The number of thiophene rings is 1. The van der Waals surface area contributed by atoms with E-state index >= 15 is 0 Å². The zero-order valence-corrected chi connectivity index (χ0v) is 15.3. The molecule has 4 nitrogen and oxygen atoms in total. The average molecular weight is 445 g/mol. The second-order valence-electron chi connectivity index (χ2n) is 5.06. The molecule has 1 amide bonds. The minimum absolute atomic E-state index is 0.162. The Labute approximate surface area is 148 Å². The quantitative estimate of drug-likeness (QED) is 0.702. The van der Waals surface area contributed by atoms with E-state index in [0.29, 0.717) is 19.8 Å². The van der Waals surface area contributed by atoms with Crippen molar-refractivity contribution in [1.29, 1.82) is 0 Å². The molecule has 0 bridgehead atoms. The summed E-state index contributed by atoms with van der Waals surface area (Å²) in [5, 5.41) is 2.00. The van der Waals surface area contributed by atoms with Crippen molar-refractivity contribution < 1.29 is 14.3 Å². The summed E-state index contributed by atoms with van der Waals surface area (Å²) in [4.78, 5) is 14.8. The molecule has 0 aliphatic carbocycles. The lowest BCUT2D eigenvalue weighted by Gasteiger charge is -2.22.